The maximum Gasteiger partial charge on any atom is 0.421 e. The first kappa shape index (κ1) is 16.8. The summed E-state index contributed by atoms with van der Waals surface area (Å²) in [6.45, 7) is 1.43. The van der Waals surface area contributed by atoms with Crippen molar-refractivity contribution < 1.29 is 18.0 Å². The number of halogens is 3. The molecule has 0 saturated carbocycles. The van der Waals surface area contributed by atoms with Gasteiger partial charge in [-0.15, -0.1) is 0 Å². The van der Waals surface area contributed by atoms with E-state index >= 15 is 0 Å². The second-order valence-corrected chi connectivity index (χ2v) is 4.91. The number of benzene rings is 1. The zero-order valence-corrected chi connectivity index (χ0v) is 12.4. The zero-order valence-electron chi connectivity index (χ0n) is 12.4. The summed E-state index contributed by atoms with van der Waals surface area (Å²) in [6, 6.07) is 8.90. The van der Waals surface area contributed by atoms with Crippen LogP contribution in [-0.2, 0) is 23.9 Å². The summed E-state index contributed by atoms with van der Waals surface area (Å²) < 4.78 is 38.8. The highest BCUT2D eigenvalue weighted by Gasteiger charge is 2.34. The van der Waals surface area contributed by atoms with Crippen LogP contribution >= 0.6 is 0 Å². The molecule has 122 valence electrons. The van der Waals surface area contributed by atoms with Crippen molar-refractivity contribution in [2.75, 3.05) is 5.32 Å². The Balaban J connectivity index is 2.20. The van der Waals surface area contributed by atoms with Crippen LogP contribution in [0.2, 0.25) is 0 Å². The second-order valence-electron chi connectivity index (χ2n) is 4.91. The van der Waals surface area contributed by atoms with E-state index in [1.54, 1.807) is 12.1 Å². The quantitative estimate of drug-likeness (QED) is 0.940. The number of amides is 1. The Morgan fingerprint density at radius 3 is 2.52 bits per heavy atom. The summed E-state index contributed by atoms with van der Waals surface area (Å²) in [5.41, 5.74) is -1.04. The highest BCUT2D eigenvalue weighted by atomic mass is 19.4. The lowest BCUT2D eigenvalue weighted by atomic mass is 10.1. The van der Waals surface area contributed by atoms with E-state index in [-0.39, 0.29) is 0 Å². The molecule has 1 N–H and O–H groups in total. The molecular weight excluding hydrogens is 309 g/mol. The van der Waals surface area contributed by atoms with Gasteiger partial charge in [0.25, 0.3) is 5.56 Å². The molecule has 1 heterocycles. The second kappa shape index (κ2) is 6.68. The van der Waals surface area contributed by atoms with Crippen LogP contribution in [0.3, 0.4) is 0 Å². The molecule has 0 bridgehead atoms. The molecule has 0 aliphatic carbocycles. The first-order valence-electron chi connectivity index (χ1n) is 6.97. The van der Waals surface area contributed by atoms with Crippen molar-refractivity contribution in [1.82, 2.24) is 4.57 Å². The van der Waals surface area contributed by atoms with Crippen molar-refractivity contribution in [3.05, 3.63) is 64.1 Å². The van der Waals surface area contributed by atoms with E-state index in [2.05, 4.69) is 5.32 Å². The maximum atomic E-state index is 12.7. The van der Waals surface area contributed by atoms with Crippen molar-refractivity contribution in [1.29, 1.82) is 0 Å². The first-order chi connectivity index (χ1) is 10.8. The molecule has 0 atom stereocenters. The molecule has 1 aromatic heterocycles. The first-order valence-corrected chi connectivity index (χ1v) is 6.97. The van der Waals surface area contributed by atoms with Gasteiger partial charge in [-0.3, -0.25) is 9.59 Å². The Labute approximate surface area is 130 Å². The van der Waals surface area contributed by atoms with Gasteiger partial charge in [-0.2, -0.15) is 13.2 Å². The van der Waals surface area contributed by atoms with Gasteiger partial charge in [0.15, 0.2) is 0 Å². The van der Waals surface area contributed by atoms with Gasteiger partial charge in [0.05, 0.1) is 0 Å². The maximum absolute atomic E-state index is 12.7. The van der Waals surface area contributed by atoms with E-state index in [9.17, 15) is 22.8 Å². The van der Waals surface area contributed by atoms with Gasteiger partial charge >= 0.3 is 6.18 Å². The molecule has 0 spiro atoms. The third kappa shape index (κ3) is 4.00. The van der Waals surface area contributed by atoms with Gasteiger partial charge < -0.3 is 9.88 Å². The monoisotopic (exact) mass is 324 g/mol. The van der Waals surface area contributed by atoms with Gasteiger partial charge in [0.2, 0.25) is 5.91 Å². The number of aromatic nitrogens is 1. The topological polar surface area (TPSA) is 51.1 Å². The number of para-hydroxylation sites is 1. The third-order valence-corrected chi connectivity index (χ3v) is 3.31. The molecule has 1 aromatic carbocycles. The number of rotatable bonds is 4. The van der Waals surface area contributed by atoms with E-state index < -0.39 is 29.8 Å². The number of nitrogens with one attached hydrogen (secondary N) is 1. The van der Waals surface area contributed by atoms with Crippen LogP contribution in [0, 0.1) is 0 Å². The van der Waals surface area contributed by atoms with Gasteiger partial charge in [-0.1, -0.05) is 25.1 Å². The van der Waals surface area contributed by atoms with E-state index in [1.165, 1.54) is 0 Å². The van der Waals surface area contributed by atoms with E-state index in [0.717, 1.165) is 22.4 Å². The average Bonchev–Trinajstić information content (AvgIpc) is 2.48. The molecule has 0 unspecified atom stereocenters. The molecule has 2 aromatic rings. The predicted octanol–water partition coefficient (Wildman–Crippen LogP) is 3.07. The van der Waals surface area contributed by atoms with Crippen molar-refractivity contribution >= 4 is 11.6 Å². The number of anilines is 1. The summed E-state index contributed by atoms with van der Waals surface area (Å²) in [4.78, 5) is 23.8. The summed E-state index contributed by atoms with van der Waals surface area (Å²) in [6.07, 6.45) is -2.89. The van der Waals surface area contributed by atoms with E-state index in [0.29, 0.717) is 18.2 Å². The Kier molecular flexibility index (Phi) is 4.88. The third-order valence-electron chi connectivity index (χ3n) is 3.31. The summed E-state index contributed by atoms with van der Waals surface area (Å²) in [5.74, 6) is -0.563. The number of hydrogen-bond acceptors (Lipinski definition) is 2. The van der Waals surface area contributed by atoms with Crippen molar-refractivity contribution in [2.45, 2.75) is 26.1 Å². The molecule has 0 saturated heterocycles. The summed E-state index contributed by atoms with van der Waals surface area (Å²) in [5, 5.41) is 2.62. The van der Waals surface area contributed by atoms with Crippen molar-refractivity contribution in [3.8, 4) is 0 Å². The lowest BCUT2D eigenvalue weighted by Crippen LogP contribution is -2.32. The van der Waals surface area contributed by atoms with Gasteiger partial charge in [-0.25, -0.2) is 0 Å². The highest BCUT2D eigenvalue weighted by Crippen LogP contribution is 2.26. The van der Waals surface area contributed by atoms with Crippen molar-refractivity contribution in [2.24, 2.45) is 0 Å². The summed E-state index contributed by atoms with van der Waals surface area (Å²) >= 11 is 0. The molecule has 7 heteroatoms. The minimum atomic E-state index is -4.74. The van der Waals surface area contributed by atoms with Gasteiger partial charge in [0, 0.05) is 11.9 Å². The van der Waals surface area contributed by atoms with E-state index in [4.69, 9.17) is 0 Å². The van der Waals surface area contributed by atoms with Crippen LogP contribution < -0.4 is 10.9 Å². The number of carbonyl (C=O) groups is 1. The average molecular weight is 324 g/mol. The summed E-state index contributed by atoms with van der Waals surface area (Å²) in [7, 11) is 0. The number of nitrogens with zero attached hydrogens (tertiary/aromatic N) is 1. The fraction of sp³-hybridized carbons (Fsp3) is 0.250. The zero-order chi connectivity index (χ0) is 17.0. The minimum absolute atomic E-state index is 0.485. The predicted molar refractivity (Wildman–Crippen MR) is 80.2 cm³/mol. The van der Waals surface area contributed by atoms with Crippen LogP contribution in [0.4, 0.5) is 18.9 Å². The van der Waals surface area contributed by atoms with Gasteiger partial charge in [0.1, 0.15) is 12.1 Å². The largest absolute Gasteiger partial charge is 0.421 e. The minimum Gasteiger partial charge on any atom is -0.324 e. The smallest absolute Gasteiger partial charge is 0.324 e. The molecule has 0 radical (unpaired) electrons. The molecule has 23 heavy (non-hydrogen) atoms. The Morgan fingerprint density at radius 2 is 1.87 bits per heavy atom. The number of pyridine rings is 1. The molecule has 0 fully saturated rings. The fourth-order valence-corrected chi connectivity index (χ4v) is 2.17. The van der Waals surface area contributed by atoms with Crippen LogP contribution in [0.15, 0.2) is 47.4 Å². The lowest BCUT2D eigenvalue weighted by molar-refractivity contribution is -0.139. The Bertz CT molecular complexity index is 766. The number of hydrogen-bond donors (Lipinski definition) is 1. The Morgan fingerprint density at radius 1 is 1.17 bits per heavy atom. The molecule has 1 amide bonds. The van der Waals surface area contributed by atoms with Crippen LogP contribution in [0.1, 0.15) is 18.1 Å². The van der Waals surface area contributed by atoms with E-state index in [1.807, 2.05) is 19.1 Å². The number of aryl methyl sites for hydroxylation is 1. The normalized spacial score (nSPS) is 11.3. The fourth-order valence-electron chi connectivity index (χ4n) is 2.17. The molecule has 0 aliphatic rings. The molecule has 4 nitrogen and oxygen atoms in total. The van der Waals surface area contributed by atoms with Crippen LogP contribution in [0.25, 0.3) is 0 Å². The highest BCUT2D eigenvalue weighted by molar-refractivity contribution is 5.91. The SMILES string of the molecule is CCc1ccccc1NC(=O)Cn1cccc(C(F)(F)F)c1=O. The number of carbonyl (C=O) groups excluding carboxylic acids is 1. The van der Waals surface area contributed by atoms with Crippen molar-refractivity contribution in [3.63, 3.8) is 0 Å². The molecule has 2 rings (SSSR count). The standard InChI is InChI=1S/C16H15F3N2O2/c1-2-11-6-3-4-8-13(11)20-14(22)10-21-9-5-7-12(15(21)23)16(17,18)19/h3-9H,2,10H2,1H3,(H,20,22). The van der Waals surface area contributed by atoms with Crippen LogP contribution in [-0.4, -0.2) is 10.5 Å². The van der Waals surface area contributed by atoms with Crippen LogP contribution in [0.5, 0.6) is 0 Å². The lowest BCUT2D eigenvalue weighted by Gasteiger charge is -2.12. The molecule has 0 aliphatic heterocycles. The van der Waals surface area contributed by atoms with Gasteiger partial charge in [-0.05, 0) is 30.2 Å². The Hall–Kier alpha value is -2.57. The number of alkyl halides is 3. The molecular formula is C16H15F3N2O2.